The van der Waals surface area contributed by atoms with Gasteiger partial charge >= 0.3 is 0 Å². The number of benzene rings is 3. The van der Waals surface area contributed by atoms with E-state index in [1.54, 1.807) is 13.8 Å². The smallest absolute Gasteiger partial charge is 0.255 e. The molecule has 2 aliphatic rings. The molecule has 3 amide bonds. The van der Waals surface area contributed by atoms with Gasteiger partial charge in [0.15, 0.2) is 46.6 Å². The number of ether oxygens (including phenoxy) is 2. The Hall–Kier alpha value is -6.19. The molecule has 5 rings (SSSR count). The first kappa shape index (κ1) is 36.1. The zero-order valence-corrected chi connectivity index (χ0v) is 27.8. The van der Waals surface area contributed by atoms with Crippen LogP contribution in [0.5, 0.6) is 34.5 Å². The van der Waals surface area contributed by atoms with E-state index in [-0.39, 0.29) is 66.2 Å². The number of carbonyl (C=O) groups excluding carboxylic acids is 3. The molecule has 270 valence electrons. The predicted octanol–water partition coefficient (Wildman–Crippen LogP) is 1.84. The normalized spacial score (nSPS) is 19.3. The second-order valence-corrected chi connectivity index (χ2v) is 12.0. The largest absolute Gasteiger partial charge is 0.504 e. The molecule has 4 atom stereocenters. The topological polar surface area (TPSA) is 243 Å². The molecule has 16 nitrogen and oxygen atoms in total. The average molecular weight is 706 g/mol. The fraction of sp³-hybridized carbons (Fsp3) is 0.343. The SMILES string of the molecule is C[C@H]1OC(c2cccc(O)c2O)=N[C@@H]1C(=O)NCCCN(CCCNC(=O)c1cccc(O)c1O)C(=O)[C@H]1N=C(c2cccc(O)c2O)O[C@@H]1C. The number of nitrogens with zero attached hydrogens (tertiary/aromatic N) is 3. The summed E-state index contributed by atoms with van der Waals surface area (Å²) in [5.41, 5.74) is 0.167. The van der Waals surface area contributed by atoms with Crippen molar-refractivity contribution in [1.29, 1.82) is 0 Å². The highest BCUT2D eigenvalue weighted by atomic mass is 16.5. The van der Waals surface area contributed by atoms with Gasteiger partial charge in [-0.2, -0.15) is 0 Å². The standard InChI is InChI=1S/C35H39N5O11/c1-18-26(38-33(50-18)21-9-4-12-24(42)29(21)45)32(48)37-15-7-17-40(16-6-14-36-31(47)20-8-3-11-23(41)28(20)44)35(49)27-19(2)51-34(39-27)22-10-5-13-25(43)30(22)46/h3-5,8-13,18-19,26-27,41-46H,6-7,14-17H2,1-2H3,(H,36,47)(H,37,48)/t18-,19-,26+,27+/m1/s1. The second kappa shape index (κ2) is 15.6. The van der Waals surface area contributed by atoms with Crippen LogP contribution in [-0.4, -0.2) is 116 Å². The molecular weight excluding hydrogens is 666 g/mol. The second-order valence-electron chi connectivity index (χ2n) is 12.0. The van der Waals surface area contributed by atoms with Crippen molar-refractivity contribution in [3.05, 3.63) is 71.3 Å². The third-order valence-corrected chi connectivity index (χ3v) is 8.37. The summed E-state index contributed by atoms with van der Waals surface area (Å²) in [6, 6.07) is 10.7. The highest BCUT2D eigenvalue weighted by Crippen LogP contribution is 2.33. The minimum Gasteiger partial charge on any atom is -0.504 e. The monoisotopic (exact) mass is 705 g/mol. The Kier molecular flexibility index (Phi) is 11.0. The molecule has 0 saturated heterocycles. The summed E-state index contributed by atoms with van der Waals surface area (Å²) in [5, 5.41) is 65.4. The van der Waals surface area contributed by atoms with E-state index in [2.05, 4.69) is 20.6 Å². The maximum absolute atomic E-state index is 13.8. The lowest BCUT2D eigenvalue weighted by atomic mass is 10.1. The number of hydrogen-bond donors (Lipinski definition) is 8. The van der Waals surface area contributed by atoms with E-state index < -0.39 is 65.0 Å². The Morgan fingerprint density at radius 2 is 1.14 bits per heavy atom. The number of nitrogens with one attached hydrogen (secondary N) is 2. The number of phenolic OH excluding ortho intramolecular Hbond substituents is 6. The fourth-order valence-corrected chi connectivity index (χ4v) is 5.59. The minimum absolute atomic E-state index is 0.00786. The molecule has 8 N–H and O–H groups in total. The quantitative estimate of drug-likeness (QED) is 0.0942. The Labute approximate surface area is 292 Å². The summed E-state index contributed by atoms with van der Waals surface area (Å²) in [5.74, 6) is -4.00. The van der Waals surface area contributed by atoms with Crippen LogP contribution < -0.4 is 10.6 Å². The third kappa shape index (κ3) is 8.01. The first-order chi connectivity index (χ1) is 24.4. The molecule has 0 fully saturated rings. The lowest BCUT2D eigenvalue weighted by Gasteiger charge is -2.26. The van der Waals surface area contributed by atoms with E-state index in [0.29, 0.717) is 12.8 Å². The molecule has 2 aliphatic heterocycles. The van der Waals surface area contributed by atoms with Crippen LogP contribution in [0.25, 0.3) is 0 Å². The van der Waals surface area contributed by atoms with Crippen LogP contribution in [0.15, 0.2) is 64.6 Å². The highest BCUT2D eigenvalue weighted by molar-refractivity contribution is 6.02. The Balaban J connectivity index is 1.22. The van der Waals surface area contributed by atoms with Crippen LogP contribution in [0.3, 0.4) is 0 Å². The van der Waals surface area contributed by atoms with Gasteiger partial charge in [-0.25, -0.2) is 9.98 Å². The summed E-state index contributed by atoms with van der Waals surface area (Å²) < 4.78 is 11.5. The molecule has 0 unspecified atom stereocenters. The van der Waals surface area contributed by atoms with E-state index in [1.807, 2.05) is 0 Å². The molecular formula is C35H39N5O11. The van der Waals surface area contributed by atoms with Gasteiger partial charge in [-0.1, -0.05) is 18.2 Å². The van der Waals surface area contributed by atoms with Crippen LogP contribution in [0.2, 0.25) is 0 Å². The number of carbonyl (C=O) groups is 3. The molecule has 0 bridgehead atoms. The van der Waals surface area contributed by atoms with E-state index >= 15 is 0 Å². The summed E-state index contributed by atoms with van der Waals surface area (Å²) in [6.07, 6.45) is -0.755. The maximum atomic E-state index is 13.8. The van der Waals surface area contributed by atoms with Gasteiger partial charge in [0.05, 0.1) is 16.7 Å². The highest BCUT2D eigenvalue weighted by Gasteiger charge is 2.38. The molecule has 0 radical (unpaired) electrons. The lowest BCUT2D eigenvalue weighted by Crippen LogP contribution is -2.44. The number of rotatable bonds is 13. The number of para-hydroxylation sites is 3. The van der Waals surface area contributed by atoms with Gasteiger partial charge in [-0.05, 0) is 63.1 Å². The van der Waals surface area contributed by atoms with Crippen molar-refractivity contribution >= 4 is 29.5 Å². The van der Waals surface area contributed by atoms with Crippen LogP contribution in [0.1, 0.15) is 48.2 Å². The van der Waals surface area contributed by atoms with Crippen molar-refractivity contribution in [2.75, 3.05) is 26.2 Å². The van der Waals surface area contributed by atoms with Gasteiger partial charge in [0.1, 0.15) is 12.2 Å². The zero-order valence-electron chi connectivity index (χ0n) is 27.8. The first-order valence-electron chi connectivity index (χ1n) is 16.2. The van der Waals surface area contributed by atoms with Crippen molar-refractivity contribution in [3.8, 4) is 34.5 Å². The number of aromatic hydroxyl groups is 6. The van der Waals surface area contributed by atoms with Crippen LogP contribution in [0.4, 0.5) is 0 Å². The third-order valence-electron chi connectivity index (χ3n) is 8.37. The van der Waals surface area contributed by atoms with E-state index in [1.165, 1.54) is 59.5 Å². The molecule has 0 aliphatic carbocycles. The molecule has 3 aromatic carbocycles. The van der Waals surface area contributed by atoms with Gasteiger partial charge in [0, 0.05) is 26.2 Å². The Morgan fingerprint density at radius 1 is 0.667 bits per heavy atom. The molecule has 2 heterocycles. The first-order valence-corrected chi connectivity index (χ1v) is 16.2. The van der Waals surface area contributed by atoms with Crippen LogP contribution >= 0.6 is 0 Å². The summed E-state index contributed by atoms with van der Waals surface area (Å²) in [4.78, 5) is 49.7. The van der Waals surface area contributed by atoms with Crippen molar-refractivity contribution in [1.82, 2.24) is 15.5 Å². The molecule has 0 aromatic heterocycles. The van der Waals surface area contributed by atoms with E-state index in [4.69, 9.17) is 9.47 Å². The Morgan fingerprint density at radius 3 is 1.71 bits per heavy atom. The number of phenols is 6. The van der Waals surface area contributed by atoms with Gasteiger partial charge < -0.3 is 55.6 Å². The molecule has 3 aromatic rings. The maximum Gasteiger partial charge on any atom is 0.255 e. The number of hydrogen-bond acceptors (Lipinski definition) is 13. The summed E-state index contributed by atoms with van der Waals surface area (Å²) in [7, 11) is 0. The average Bonchev–Trinajstić information content (AvgIpc) is 3.69. The molecule has 51 heavy (non-hydrogen) atoms. The van der Waals surface area contributed by atoms with Crippen molar-refractivity contribution in [3.63, 3.8) is 0 Å². The summed E-state index contributed by atoms with van der Waals surface area (Å²) in [6.45, 7) is 3.91. The van der Waals surface area contributed by atoms with Gasteiger partial charge in [-0.15, -0.1) is 0 Å². The number of amides is 3. The fourth-order valence-electron chi connectivity index (χ4n) is 5.59. The number of aliphatic imine (C=N–C) groups is 2. The minimum atomic E-state index is -0.992. The van der Waals surface area contributed by atoms with Crippen LogP contribution in [0, 0.1) is 0 Å². The van der Waals surface area contributed by atoms with Crippen molar-refractivity contribution in [2.24, 2.45) is 9.98 Å². The van der Waals surface area contributed by atoms with Crippen molar-refractivity contribution in [2.45, 2.75) is 51.0 Å². The predicted molar refractivity (Wildman–Crippen MR) is 182 cm³/mol. The zero-order chi connectivity index (χ0) is 36.8. The summed E-state index contributed by atoms with van der Waals surface area (Å²) >= 11 is 0. The van der Waals surface area contributed by atoms with Gasteiger partial charge in [0.2, 0.25) is 17.7 Å². The van der Waals surface area contributed by atoms with Crippen LogP contribution in [-0.2, 0) is 19.1 Å². The van der Waals surface area contributed by atoms with Gasteiger partial charge in [0.25, 0.3) is 11.8 Å². The lowest BCUT2D eigenvalue weighted by molar-refractivity contribution is -0.134. The van der Waals surface area contributed by atoms with Crippen molar-refractivity contribution < 1.29 is 54.5 Å². The molecule has 0 spiro atoms. The Bertz CT molecular complexity index is 1860. The van der Waals surface area contributed by atoms with E-state index in [0.717, 1.165) is 0 Å². The van der Waals surface area contributed by atoms with E-state index in [9.17, 15) is 45.0 Å². The van der Waals surface area contributed by atoms with Gasteiger partial charge in [-0.3, -0.25) is 14.4 Å². The molecule has 16 heteroatoms. The molecule has 0 saturated carbocycles.